The highest BCUT2D eigenvalue weighted by atomic mass is 35.5. The maximum Gasteiger partial charge on any atom is 0.305 e. The van der Waals surface area contributed by atoms with Crippen LogP contribution in [0.5, 0.6) is 0 Å². The first kappa shape index (κ1) is 14.6. The monoisotopic (exact) mass is 362 g/mol. The largest absolute Gasteiger partial charge is 0.305 e. The van der Waals surface area contributed by atoms with Crippen LogP contribution >= 0.6 is 46.4 Å². The van der Waals surface area contributed by atoms with Crippen molar-refractivity contribution in [1.29, 1.82) is 0 Å². The third-order valence-electron chi connectivity index (χ3n) is 4.31. The quantitative estimate of drug-likeness (QED) is 0.487. The Hall–Kier alpha value is 0.710. The van der Waals surface area contributed by atoms with Crippen LogP contribution in [0.15, 0.2) is 21.2 Å². The molecular weight excluding hydrogens is 354 g/mol. The van der Waals surface area contributed by atoms with Gasteiger partial charge < -0.3 is 0 Å². The van der Waals surface area contributed by atoms with Gasteiger partial charge in [-0.2, -0.15) is 4.21 Å². The lowest BCUT2D eigenvalue weighted by molar-refractivity contribution is 0.255. The zero-order valence-electron chi connectivity index (χ0n) is 10.1. The topological polar surface area (TPSA) is 35.5 Å². The Morgan fingerprint density at radius 1 is 1.00 bits per heavy atom. The van der Waals surface area contributed by atoms with Gasteiger partial charge >= 0.3 is 11.4 Å². The van der Waals surface area contributed by atoms with E-state index in [0.717, 1.165) is 0 Å². The molecule has 0 saturated heterocycles. The van der Waals surface area contributed by atoms with Gasteiger partial charge in [0.2, 0.25) is 0 Å². The first-order valence-corrected chi connectivity index (χ1v) is 8.05. The maximum atomic E-state index is 11.4. The summed E-state index contributed by atoms with van der Waals surface area (Å²) >= 11 is 24.3. The first-order valence-electron chi connectivity index (χ1n) is 5.54. The van der Waals surface area contributed by atoms with Crippen molar-refractivity contribution >= 4 is 57.8 Å². The van der Waals surface area contributed by atoms with E-state index in [4.69, 9.17) is 54.8 Å². The van der Waals surface area contributed by atoms with E-state index >= 15 is 0 Å². The molecule has 0 fully saturated rings. The summed E-state index contributed by atoms with van der Waals surface area (Å²) in [6, 6.07) is 0. The molecule has 2 unspecified atom stereocenters. The van der Waals surface area contributed by atoms with Crippen LogP contribution in [0.3, 0.4) is 0 Å². The van der Waals surface area contributed by atoms with Gasteiger partial charge in [0.15, 0.2) is 0 Å². The smallest absolute Gasteiger partial charge is 0.264 e. The second kappa shape index (κ2) is 4.13. The van der Waals surface area contributed by atoms with Gasteiger partial charge in [0.25, 0.3) is 0 Å². The highest BCUT2D eigenvalue weighted by Gasteiger charge is 2.74. The minimum atomic E-state index is -1.82. The molecule has 0 aromatic carbocycles. The Morgan fingerprint density at radius 3 is 1.74 bits per heavy atom. The maximum absolute atomic E-state index is 11.4. The minimum absolute atomic E-state index is 0.0593. The van der Waals surface area contributed by atoms with Crippen LogP contribution in [-0.4, -0.2) is 27.2 Å². The molecule has 0 spiro atoms. The highest BCUT2D eigenvalue weighted by Crippen LogP contribution is 2.74. The second-order valence-corrected chi connectivity index (χ2v) is 8.02. The molecule has 0 aromatic rings. The van der Waals surface area contributed by atoms with Gasteiger partial charge in [-0.15, -0.1) is 23.2 Å². The Morgan fingerprint density at radius 2 is 1.37 bits per heavy atom. The average Bonchev–Trinajstić information content (AvgIpc) is 2.54. The predicted molar refractivity (Wildman–Crippen MR) is 76.8 cm³/mol. The molecule has 19 heavy (non-hydrogen) atoms. The normalized spacial score (nSPS) is 44.6. The highest BCUT2D eigenvalue weighted by molar-refractivity contribution is 7.75. The van der Waals surface area contributed by atoms with Crippen LogP contribution in [0.4, 0.5) is 0 Å². The SMILES string of the molecule is CC1(C)C2(Cl)C(Cl)=C(Cl)C1(Cl)C1=C2COS(=O)OC1. The molecule has 0 amide bonds. The van der Waals surface area contributed by atoms with Crippen molar-refractivity contribution in [3.05, 3.63) is 21.2 Å². The first-order chi connectivity index (χ1) is 8.69. The number of alkyl halides is 2. The Labute approximate surface area is 133 Å². The molecule has 2 atom stereocenters. The fourth-order valence-electron chi connectivity index (χ4n) is 3.14. The van der Waals surface area contributed by atoms with Crippen molar-refractivity contribution in [3.8, 4) is 0 Å². The standard InChI is InChI=1S/C11H10Cl4O3S/c1-9(2)10(14)5-3-17-19(16)18-4-6(5)11(9,15)8(13)7(10)12/h3-4H2,1-2H3. The predicted octanol–water partition coefficient (Wildman–Crippen LogP) is 3.61. The number of halogens is 4. The molecule has 8 heteroatoms. The third-order valence-corrected chi connectivity index (χ3v) is 7.95. The molecular formula is C11H10Cl4O3S. The summed E-state index contributed by atoms with van der Waals surface area (Å²) in [6.45, 7) is 3.92. The van der Waals surface area contributed by atoms with Crippen molar-refractivity contribution in [2.24, 2.45) is 5.41 Å². The zero-order valence-corrected chi connectivity index (χ0v) is 13.9. The zero-order chi connectivity index (χ0) is 14.2. The van der Waals surface area contributed by atoms with Crippen LogP contribution in [0.2, 0.25) is 0 Å². The minimum Gasteiger partial charge on any atom is -0.264 e. The second-order valence-electron chi connectivity index (χ2n) is 5.26. The fourth-order valence-corrected chi connectivity index (χ4v) is 5.58. The molecule has 0 aromatic heterocycles. The molecule has 3 nitrogen and oxygen atoms in total. The number of rotatable bonds is 0. The molecule has 1 heterocycles. The summed E-state index contributed by atoms with van der Waals surface area (Å²) in [5.41, 5.74) is 0.775. The van der Waals surface area contributed by atoms with Crippen molar-refractivity contribution < 1.29 is 12.6 Å². The van der Waals surface area contributed by atoms with E-state index in [0.29, 0.717) is 21.2 Å². The molecule has 2 aliphatic carbocycles. The summed E-state index contributed by atoms with van der Waals surface area (Å²) in [7, 11) is 0. The number of allylic oxidation sites excluding steroid dienone is 2. The van der Waals surface area contributed by atoms with Crippen molar-refractivity contribution in [2.75, 3.05) is 13.2 Å². The van der Waals surface area contributed by atoms with Crippen LogP contribution in [0.1, 0.15) is 13.8 Å². The summed E-state index contributed by atoms with van der Waals surface area (Å²) in [5.74, 6) is 0. The van der Waals surface area contributed by atoms with Gasteiger partial charge in [-0.1, -0.05) is 37.0 Å². The van der Waals surface area contributed by atoms with Crippen LogP contribution in [0.25, 0.3) is 0 Å². The Kier molecular flexibility index (Phi) is 3.18. The van der Waals surface area contributed by atoms with E-state index in [1.165, 1.54) is 0 Å². The van der Waals surface area contributed by atoms with E-state index in [2.05, 4.69) is 0 Å². The fraction of sp³-hybridized carbons (Fsp3) is 0.636. The molecule has 0 N–H and O–H groups in total. The van der Waals surface area contributed by atoms with E-state index in [-0.39, 0.29) is 13.2 Å². The van der Waals surface area contributed by atoms with E-state index in [9.17, 15) is 4.21 Å². The van der Waals surface area contributed by atoms with Gasteiger partial charge in [-0.25, -0.2) is 0 Å². The number of hydrogen-bond acceptors (Lipinski definition) is 3. The summed E-state index contributed by atoms with van der Waals surface area (Å²) in [4.78, 5) is -2.08. The molecule has 1 aliphatic heterocycles. The molecule has 3 aliphatic rings. The lowest BCUT2D eigenvalue weighted by Gasteiger charge is -2.38. The lowest BCUT2D eigenvalue weighted by Crippen LogP contribution is -2.44. The van der Waals surface area contributed by atoms with Crippen molar-refractivity contribution in [1.82, 2.24) is 0 Å². The van der Waals surface area contributed by atoms with Crippen molar-refractivity contribution in [3.63, 3.8) is 0 Å². The Balaban J connectivity index is 2.24. The summed E-state index contributed by atoms with van der Waals surface area (Å²) in [6.07, 6.45) is 0. The van der Waals surface area contributed by atoms with Crippen LogP contribution in [-0.2, 0) is 19.7 Å². The molecule has 2 bridgehead atoms. The number of fused-ring (bicyclic) bond motifs is 4. The third kappa shape index (κ3) is 1.42. The Bertz CT molecular complexity index is 526. The molecule has 0 saturated carbocycles. The van der Waals surface area contributed by atoms with E-state index < -0.39 is 26.5 Å². The van der Waals surface area contributed by atoms with Gasteiger partial charge in [0, 0.05) is 5.41 Å². The average molecular weight is 364 g/mol. The van der Waals surface area contributed by atoms with Gasteiger partial charge in [-0.3, -0.25) is 8.37 Å². The molecule has 3 rings (SSSR count). The van der Waals surface area contributed by atoms with Crippen LogP contribution in [0, 0.1) is 5.41 Å². The summed E-state index contributed by atoms with van der Waals surface area (Å²) in [5, 5.41) is 0.622. The van der Waals surface area contributed by atoms with E-state index in [1.807, 2.05) is 13.8 Å². The van der Waals surface area contributed by atoms with E-state index in [1.54, 1.807) is 0 Å². The number of hydrogen-bond donors (Lipinski definition) is 0. The lowest BCUT2D eigenvalue weighted by atomic mass is 9.76. The molecule has 0 radical (unpaired) electrons. The van der Waals surface area contributed by atoms with Gasteiger partial charge in [-0.05, 0) is 11.1 Å². The molecule has 106 valence electrons. The summed E-state index contributed by atoms with van der Waals surface area (Å²) < 4.78 is 21.5. The van der Waals surface area contributed by atoms with Gasteiger partial charge in [0.1, 0.15) is 9.75 Å². The van der Waals surface area contributed by atoms with Crippen LogP contribution < -0.4 is 0 Å². The van der Waals surface area contributed by atoms with Gasteiger partial charge in [0.05, 0.1) is 23.3 Å². The van der Waals surface area contributed by atoms with Crippen molar-refractivity contribution in [2.45, 2.75) is 23.6 Å².